The molecular weight excluding hydrogens is 256 g/mol. The molecule has 0 aliphatic heterocycles. The van der Waals surface area contributed by atoms with Crippen LogP contribution in [0.15, 0.2) is 42.5 Å². The highest BCUT2D eigenvalue weighted by molar-refractivity contribution is 5.73. The Morgan fingerprint density at radius 2 is 1.65 bits per heavy atom. The lowest BCUT2D eigenvalue weighted by Crippen LogP contribution is -1.99. The van der Waals surface area contributed by atoms with Gasteiger partial charge in [0.2, 0.25) is 0 Å². The van der Waals surface area contributed by atoms with Crippen molar-refractivity contribution in [1.29, 1.82) is 10.5 Å². The largest absolute Gasteiger partial charge is 0.350 e. The highest BCUT2D eigenvalue weighted by Gasteiger charge is 2.18. The van der Waals surface area contributed by atoms with E-state index in [2.05, 4.69) is 5.32 Å². The number of nitrogens with zero attached hydrogens (tertiary/aromatic N) is 3. The number of hydrogen-bond acceptors (Lipinski definition) is 5. The minimum atomic E-state index is -0.590. The fraction of sp³-hybridized carbons (Fsp3) is 0. The lowest BCUT2D eigenvalue weighted by atomic mass is 10.1. The van der Waals surface area contributed by atoms with Crippen molar-refractivity contribution in [3.63, 3.8) is 0 Å². The molecule has 0 radical (unpaired) electrons. The van der Waals surface area contributed by atoms with Crippen LogP contribution in [0.25, 0.3) is 0 Å². The first-order valence-corrected chi connectivity index (χ1v) is 5.60. The van der Waals surface area contributed by atoms with E-state index in [1.165, 1.54) is 6.07 Å². The normalized spacial score (nSPS) is 9.30. The lowest BCUT2D eigenvalue weighted by Gasteiger charge is -2.08. The van der Waals surface area contributed by atoms with Crippen molar-refractivity contribution >= 4 is 17.1 Å². The molecule has 2 rings (SSSR count). The summed E-state index contributed by atoms with van der Waals surface area (Å²) in [6.07, 6.45) is 0. The molecule has 0 bridgehead atoms. The van der Waals surface area contributed by atoms with E-state index >= 15 is 0 Å². The van der Waals surface area contributed by atoms with E-state index in [-0.39, 0.29) is 22.5 Å². The van der Waals surface area contributed by atoms with Crippen LogP contribution < -0.4 is 5.32 Å². The quantitative estimate of drug-likeness (QED) is 0.677. The monoisotopic (exact) mass is 264 g/mol. The zero-order valence-electron chi connectivity index (χ0n) is 10.2. The van der Waals surface area contributed by atoms with Gasteiger partial charge in [-0.3, -0.25) is 10.1 Å². The van der Waals surface area contributed by atoms with Crippen LogP contribution in [0.3, 0.4) is 0 Å². The fourth-order valence-corrected chi connectivity index (χ4v) is 1.70. The summed E-state index contributed by atoms with van der Waals surface area (Å²) >= 11 is 0. The molecule has 2 aromatic carbocycles. The molecule has 0 spiro atoms. The highest BCUT2D eigenvalue weighted by atomic mass is 16.6. The van der Waals surface area contributed by atoms with Gasteiger partial charge in [-0.15, -0.1) is 0 Å². The predicted molar refractivity (Wildman–Crippen MR) is 72.3 cm³/mol. The topological polar surface area (TPSA) is 103 Å². The molecular formula is C14H8N4O2. The maximum Gasteiger partial charge on any atom is 0.294 e. The number of nitro groups is 1. The second-order valence-corrected chi connectivity index (χ2v) is 3.89. The summed E-state index contributed by atoms with van der Waals surface area (Å²) in [5, 5.41) is 31.8. The van der Waals surface area contributed by atoms with Crippen LogP contribution in [-0.2, 0) is 0 Å². The van der Waals surface area contributed by atoms with Gasteiger partial charge in [0.05, 0.1) is 16.1 Å². The first kappa shape index (κ1) is 13.1. The molecule has 0 heterocycles. The van der Waals surface area contributed by atoms with Gasteiger partial charge in [0, 0.05) is 11.8 Å². The van der Waals surface area contributed by atoms with E-state index in [4.69, 9.17) is 10.5 Å². The molecule has 0 atom stereocenters. The van der Waals surface area contributed by atoms with E-state index in [0.717, 1.165) is 6.07 Å². The zero-order valence-corrected chi connectivity index (χ0v) is 10.2. The number of benzene rings is 2. The molecule has 20 heavy (non-hydrogen) atoms. The van der Waals surface area contributed by atoms with Crippen LogP contribution in [0.1, 0.15) is 11.1 Å². The van der Waals surface area contributed by atoms with Gasteiger partial charge in [-0.25, -0.2) is 0 Å². The van der Waals surface area contributed by atoms with Gasteiger partial charge in [0.1, 0.15) is 17.8 Å². The Bertz CT molecular complexity index is 742. The molecule has 0 fully saturated rings. The van der Waals surface area contributed by atoms with E-state index in [1.807, 2.05) is 12.1 Å². The van der Waals surface area contributed by atoms with Gasteiger partial charge < -0.3 is 5.32 Å². The minimum Gasteiger partial charge on any atom is -0.350 e. The van der Waals surface area contributed by atoms with Gasteiger partial charge in [0.25, 0.3) is 5.69 Å². The average molecular weight is 264 g/mol. The number of para-hydroxylation sites is 1. The number of rotatable bonds is 3. The Labute approximate surface area is 114 Å². The second kappa shape index (κ2) is 5.51. The third-order valence-electron chi connectivity index (χ3n) is 2.63. The molecule has 2 aromatic rings. The first-order chi connectivity index (χ1) is 9.65. The first-order valence-electron chi connectivity index (χ1n) is 5.60. The number of nitrogens with one attached hydrogen (secondary N) is 1. The van der Waals surface area contributed by atoms with Crippen LogP contribution in [0.2, 0.25) is 0 Å². The summed E-state index contributed by atoms with van der Waals surface area (Å²) in [6.45, 7) is 0. The molecule has 0 aromatic heterocycles. The van der Waals surface area contributed by atoms with E-state index in [1.54, 1.807) is 30.3 Å². The molecule has 0 aliphatic rings. The summed E-state index contributed by atoms with van der Waals surface area (Å²) in [5.74, 6) is 0. The van der Waals surface area contributed by atoms with Crippen molar-refractivity contribution in [3.8, 4) is 12.1 Å². The standard InChI is InChI=1S/C14H8N4O2/c15-8-10-6-13(17-12-4-2-1-3-5-12)14(18(19)20)7-11(10)9-16/h1-7,17H. The summed E-state index contributed by atoms with van der Waals surface area (Å²) in [4.78, 5) is 10.5. The van der Waals surface area contributed by atoms with Crippen molar-refractivity contribution in [2.75, 3.05) is 5.32 Å². The second-order valence-electron chi connectivity index (χ2n) is 3.89. The number of nitro benzene ring substituents is 1. The third-order valence-corrected chi connectivity index (χ3v) is 2.63. The fourth-order valence-electron chi connectivity index (χ4n) is 1.70. The van der Waals surface area contributed by atoms with Gasteiger partial charge in [-0.05, 0) is 18.2 Å². The molecule has 0 aliphatic carbocycles. The van der Waals surface area contributed by atoms with Crippen LogP contribution in [0.5, 0.6) is 0 Å². The molecule has 6 heteroatoms. The van der Waals surface area contributed by atoms with Gasteiger partial charge >= 0.3 is 0 Å². The van der Waals surface area contributed by atoms with Crippen molar-refractivity contribution in [2.24, 2.45) is 0 Å². The molecule has 96 valence electrons. The Balaban J connectivity index is 2.54. The van der Waals surface area contributed by atoms with Gasteiger partial charge in [-0.2, -0.15) is 10.5 Å². The predicted octanol–water partition coefficient (Wildman–Crippen LogP) is 3.08. The Hall–Kier alpha value is -3.38. The van der Waals surface area contributed by atoms with Crippen molar-refractivity contribution in [1.82, 2.24) is 0 Å². The molecule has 0 unspecified atom stereocenters. The highest BCUT2D eigenvalue weighted by Crippen LogP contribution is 2.30. The Morgan fingerprint density at radius 1 is 1.05 bits per heavy atom. The molecule has 0 saturated carbocycles. The van der Waals surface area contributed by atoms with Crippen LogP contribution in [0.4, 0.5) is 17.1 Å². The van der Waals surface area contributed by atoms with E-state index < -0.39 is 4.92 Å². The maximum atomic E-state index is 11.1. The van der Waals surface area contributed by atoms with Crippen LogP contribution in [-0.4, -0.2) is 4.92 Å². The van der Waals surface area contributed by atoms with Crippen molar-refractivity contribution < 1.29 is 4.92 Å². The number of nitriles is 2. The minimum absolute atomic E-state index is 0.0159. The van der Waals surface area contributed by atoms with Crippen molar-refractivity contribution in [2.45, 2.75) is 0 Å². The van der Waals surface area contributed by atoms with Gasteiger partial charge in [-0.1, -0.05) is 18.2 Å². The molecule has 0 saturated heterocycles. The van der Waals surface area contributed by atoms with Crippen molar-refractivity contribution in [3.05, 3.63) is 63.7 Å². The molecule has 6 nitrogen and oxygen atoms in total. The number of hydrogen-bond donors (Lipinski definition) is 1. The number of anilines is 2. The SMILES string of the molecule is N#Cc1cc(Nc2ccccc2)c([N+](=O)[O-])cc1C#N. The Morgan fingerprint density at radius 3 is 2.20 bits per heavy atom. The van der Waals surface area contributed by atoms with Crippen LogP contribution in [0, 0.1) is 32.8 Å². The van der Waals surface area contributed by atoms with Crippen LogP contribution >= 0.6 is 0 Å². The molecule has 0 amide bonds. The molecule has 1 N–H and O–H groups in total. The van der Waals surface area contributed by atoms with Gasteiger partial charge in [0.15, 0.2) is 0 Å². The van der Waals surface area contributed by atoms with E-state index in [9.17, 15) is 10.1 Å². The average Bonchev–Trinajstić information content (AvgIpc) is 2.47. The summed E-state index contributed by atoms with van der Waals surface area (Å²) < 4.78 is 0. The summed E-state index contributed by atoms with van der Waals surface area (Å²) in [6, 6.07) is 14.9. The summed E-state index contributed by atoms with van der Waals surface area (Å²) in [7, 11) is 0. The Kier molecular flexibility index (Phi) is 3.60. The lowest BCUT2D eigenvalue weighted by molar-refractivity contribution is -0.383. The maximum absolute atomic E-state index is 11.1. The zero-order chi connectivity index (χ0) is 14.5. The third kappa shape index (κ3) is 2.55. The van der Waals surface area contributed by atoms with E-state index in [0.29, 0.717) is 5.69 Å². The smallest absolute Gasteiger partial charge is 0.294 e. The summed E-state index contributed by atoms with van der Waals surface area (Å²) in [5.41, 5.74) is 0.666.